The summed E-state index contributed by atoms with van der Waals surface area (Å²) in [4.78, 5) is 16.9. The number of ether oxygens (including phenoxy) is 1. The van der Waals surface area contributed by atoms with Gasteiger partial charge in [-0.3, -0.25) is 4.79 Å². The molecule has 7 nitrogen and oxygen atoms in total. The van der Waals surface area contributed by atoms with Crippen LogP contribution in [0.15, 0.2) is 53.0 Å². The van der Waals surface area contributed by atoms with Crippen LogP contribution in [0.5, 0.6) is 5.75 Å². The van der Waals surface area contributed by atoms with Gasteiger partial charge < -0.3 is 14.6 Å². The van der Waals surface area contributed by atoms with Gasteiger partial charge in [-0.2, -0.15) is 0 Å². The van der Waals surface area contributed by atoms with Gasteiger partial charge in [0.15, 0.2) is 16.1 Å². The van der Waals surface area contributed by atoms with Gasteiger partial charge in [-0.05, 0) is 49.2 Å². The molecule has 0 aliphatic rings. The van der Waals surface area contributed by atoms with Crippen LogP contribution in [0.1, 0.15) is 17.0 Å². The average molecular weight is 500 g/mol. The molecule has 4 aromatic rings. The Morgan fingerprint density at radius 3 is 2.61 bits per heavy atom. The fourth-order valence-electron chi connectivity index (χ4n) is 3.13. The number of thiazole rings is 1. The quantitative estimate of drug-likeness (QED) is 0.321. The maximum atomic E-state index is 12.4. The lowest BCUT2D eigenvalue weighted by molar-refractivity contribution is -0.113. The van der Waals surface area contributed by atoms with Gasteiger partial charge in [0.05, 0.1) is 11.4 Å². The van der Waals surface area contributed by atoms with Crippen LogP contribution in [0.3, 0.4) is 0 Å². The van der Waals surface area contributed by atoms with Gasteiger partial charge in [0.2, 0.25) is 5.91 Å². The van der Waals surface area contributed by atoms with E-state index in [1.54, 1.807) is 0 Å². The number of aromatic nitrogens is 4. The fraction of sp³-hybridized carbons (Fsp3) is 0.217. The summed E-state index contributed by atoms with van der Waals surface area (Å²) in [7, 11) is 1.86. The molecule has 0 fully saturated rings. The highest BCUT2D eigenvalue weighted by atomic mass is 35.5. The first-order chi connectivity index (χ1) is 15.9. The highest BCUT2D eigenvalue weighted by Gasteiger charge is 2.14. The number of aryl methyl sites for hydroxylation is 2. The summed E-state index contributed by atoms with van der Waals surface area (Å²) in [6.45, 7) is 4.37. The predicted octanol–water partition coefficient (Wildman–Crippen LogP) is 5.52. The lowest BCUT2D eigenvalue weighted by Crippen LogP contribution is -2.14. The molecule has 0 unspecified atom stereocenters. The molecule has 4 rings (SSSR count). The number of carbonyl (C=O) groups is 1. The Hall–Kier alpha value is -2.88. The van der Waals surface area contributed by atoms with E-state index in [1.807, 2.05) is 67.2 Å². The van der Waals surface area contributed by atoms with Gasteiger partial charge in [0, 0.05) is 23.0 Å². The molecule has 0 saturated heterocycles. The number of benzene rings is 2. The Bertz CT molecular complexity index is 1250. The third-order valence-electron chi connectivity index (χ3n) is 4.71. The Morgan fingerprint density at radius 1 is 1.15 bits per heavy atom. The maximum Gasteiger partial charge on any atom is 0.236 e. The van der Waals surface area contributed by atoms with Crippen molar-refractivity contribution >= 4 is 45.7 Å². The van der Waals surface area contributed by atoms with E-state index in [4.69, 9.17) is 16.3 Å². The molecule has 1 amide bonds. The van der Waals surface area contributed by atoms with Gasteiger partial charge in [0.25, 0.3) is 0 Å². The number of nitrogens with one attached hydrogen (secondary N) is 1. The molecule has 0 bridgehead atoms. The third-order valence-corrected chi connectivity index (χ3v) is 6.74. The van der Waals surface area contributed by atoms with Crippen LogP contribution in [0.25, 0.3) is 11.3 Å². The van der Waals surface area contributed by atoms with Crippen LogP contribution in [-0.2, 0) is 18.4 Å². The highest BCUT2D eigenvalue weighted by molar-refractivity contribution is 7.99. The standard InChI is InChI=1S/C23H22ClN5O2S2/c1-14-8-15(2)10-18(9-14)31-11-20-27-28-23(29(20)3)33-13-21(30)26-22-25-19(12-32-22)16-4-6-17(24)7-5-16/h4-10,12H,11,13H2,1-3H3,(H,25,26,30). The minimum absolute atomic E-state index is 0.159. The normalized spacial score (nSPS) is 10.9. The average Bonchev–Trinajstić information content (AvgIpc) is 3.37. The van der Waals surface area contributed by atoms with Crippen molar-refractivity contribution in [1.82, 2.24) is 19.7 Å². The van der Waals surface area contributed by atoms with E-state index in [1.165, 1.54) is 23.1 Å². The van der Waals surface area contributed by atoms with E-state index in [-0.39, 0.29) is 11.7 Å². The Labute approximate surface area is 205 Å². The number of hydrogen-bond donors (Lipinski definition) is 1. The summed E-state index contributed by atoms with van der Waals surface area (Å²) in [5, 5.41) is 15.0. The lowest BCUT2D eigenvalue weighted by Gasteiger charge is -2.08. The Balaban J connectivity index is 1.30. The SMILES string of the molecule is Cc1cc(C)cc(OCc2nnc(SCC(=O)Nc3nc(-c4ccc(Cl)cc4)cs3)n2C)c1. The zero-order valence-corrected chi connectivity index (χ0v) is 20.7. The van der Waals surface area contributed by atoms with Crippen LogP contribution in [-0.4, -0.2) is 31.4 Å². The molecule has 0 saturated carbocycles. The second-order valence-corrected chi connectivity index (χ2v) is 9.69. The summed E-state index contributed by atoms with van der Waals surface area (Å²) < 4.78 is 7.71. The Kier molecular flexibility index (Phi) is 7.32. The molecule has 0 aliphatic carbocycles. The van der Waals surface area contributed by atoms with Crippen molar-refractivity contribution in [2.45, 2.75) is 25.6 Å². The summed E-state index contributed by atoms with van der Waals surface area (Å²) in [5.74, 6) is 1.52. The second-order valence-electron chi connectivity index (χ2n) is 7.45. The van der Waals surface area contributed by atoms with Crippen molar-refractivity contribution in [3.63, 3.8) is 0 Å². The van der Waals surface area contributed by atoms with Gasteiger partial charge in [0.1, 0.15) is 12.4 Å². The monoisotopic (exact) mass is 499 g/mol. The van der Waals surface area contributed by atoms with Crippen LogP contribution in [0.2, 0.25) is 5.02 Å². The zero-order valence-electron chi connectivity index (χ0n) is 18.3. The van der Waals surface area contributed by atoms with E-state index in [9.17, 15) is 4.79 Å². The summed E-state index contributed by atoms with van der Waals surface area (Å²) in [5.41, 5.74) is 4.03. The molecule has 0 aliphatic heterocycles. The number of amides is 1. The molecule has 10 heteroatoms. The molecule has 170 valence electrons. The molecular formula is C23H22ClN5O2S2. The molecule has 2 aromatic carbocycles. The molecule has 1 N–H and O–H groups in total. The fourth-order valence-corrected chi connectivity index (χ4v) is 4.72. The van der Waals surface area contributed by atoms with Crippen LogP contribution >= 0.6 is 34.7 Å². The Morgan fingerprint density at radius 2 is 1.88 bits per heavy atom. The minimum Gasteiger partial charge on any atom is -0.486 e. The molecule has 2 heterocycles. The third kappa shape index (κ3) is 6.13. The van der Waals surface area contributed by atoms with Gasteiger partial charge in [-0.25, -0.2) is 4.98 Å². The smallest absolute Gasteiger partial charge is 0.236 e. The van der Waals surface area contributed by atoms with E-state index >= 15 is 0 Å². The highest BCUT2D eigenvalue weighted by Crippen LogP contribution is 2.26. The minimum atomic E-state index is -0.159. The van der Waals surface area contributed by atoms with Crippen molar-refractivity contribution in [2.75, 3.05) is 11.1 Å². The number of hydrogen-bond acceptors (Lipinski definition) is 7. The van der Waals surface area contributed by atoms with Crippen LogP contribution < -0.4 is 10.1 Å². The van der Waals surface area contributed by atoms with Crippen molar-refractivity contribution in [3.8, 4) is 17.0 Å². The van der Waals surface area contributed by atoms with Crippen molar-refractivity contribution < 1.29 is 9.53 Å². The number of rotatable bonds is 8. The van der Waals surface area contributed by atoms with E-state index in [2.05, 4.69) is 26.6 Å². The van der Waals surface area contributed by atoms with Gasteiger partial charge >= 0.3 is 0 Å². The maximum absolute atomic E-state index is 12.4. The number of halogens is 1. The van der Waals surface area contributed by atoms with Crippen molar-refractivity contribution in [2.24, 2.45) is 7.05 Å². The second kappa shape index (κ2) is 10.4. The summed E-state index contributed by atoms with van der Waals surface area (Å²) >= 11 is 8.62. The largest absolute Gasteiger partial charge is 0.486 e. The van der Waals surface area contributed by atoms with Crippen LogP contribution in [0, 0.1) is 13.8 Å². The molecule has 0 radical (unpaired) electrons. The number of carbonyl (C=O) groups excluding carboxylic acids is 1. The number of anilines is 1. The first-order valence-corrected chi connectivity index (χ1v) is 12.3. The number of thioether (sulfide) groups is 1. The molecule has 2 aromatic heterocycles. The van der Waals surface area contributed by atoms with Crippen molar-refractivity contribution in [1.29, 1.82) is 0 Å². The molecular weight excluding hydrogens is 478 g/mol. The van der Waals surface area contributed by atoms with E-state index in [0.29, 0.717) is 27.7 Å². The lowest BCUT2D eigenvalue weighted by atomic mass is 10.1. The molecule has 0 atom stereocenters. The van der Waals surface area contributed by atoms with Crippen molar-refractivity contribution in [3.05, 3.63) is 69.8 Å². The predicted molar refractivity (Wildman–Crippen MR) is 133 cm³/mol. The van der Waals surface area contributed by atoms with Crippen LogP contribution in [0.4, 0.5) is 5.13 Å². The topological polar surface area (TPSA) is 81.9 Å². The summed E-state index contributed by atoms with van der Waals surface area (Å²) in [6, 6.07) is 13.5. The first kappa shape index (κ1) is 23.3. The molecule has 33 heavy (non-hydrogen) atoms. The van der Waals surface area contributed by atoms with E-state index in [0.717, 1.165) is 28.1 Å². The summed E-state index contributed by atoms with van der Waals surface area (Å²) in [6.07, 6.45) is 0. The molecule has 0 spiro atoms. The van der Waals surface area contributed by atoms with E-state index < -0.39 is 0 Å². The zero-order chi connectivity index (χ0) is 23.4. The van der Waals surface area contributed by atoms with Gasteiger partial charge in [-0.1, -0.05) is 41.6 Å². The number of nitrogens with zero attached hydrogens (tertiary/aromatic N) is 4. The first-order valence-electron chi connectivity index (χ1n) is 10.1. The van der Waals surface area contributed by atoms with Gasteiger partial charge in [-0.15, -0.1) is 21.5 Å².